The standard InChI is InChI=1S/C17H20N2O3S/c1-12-8-10-14(11-9-12)17(20)18-13(2)15-6-4-5-7-16(15)19-23(3,21)22/h4-11,13,19H,1-3H3,(H,18,20)/t13-/m1/s1. The zero-order valence-corrected chi connectivity index (χ0v) is 14.1. The number of carbonyl (C=O) groups excluding carboxylic acids is 1. The van der Waals surface area contributed by atoms with Gasteiger partial charge in [-0.25, -0.2) is 8.42 Å². The Hall–Kier alpha value is -2.34. The molecule has 2 aromatic carbocycles. The SMILES string of the molecule is Cc1ccc(C(=O)N[C@H](C)c2ccccc2NS(C)(=O)=O)cc1. The summed E-state index contributed by atoms with van der Waals surface area (Å²) >= 11 is 0. The fourth-order valence-corrected chi connectivity index (χ4v) is 2.82. The van der Waals surface area contributed by atoms with Crippen LogP contribution >= 0.6 is 0 Å². The minimum absolute atomic E-state index is 0.202. The topological polar surface area (TPSA) is 75.3 Å². The average molecular weight is 332 g/mol. The maximum Gasteiger partial charge on any atom is 0.251 e. The molecule has 0 aliphatic carbocycles. The van der Waals surface area contributed by atoms with Gasteiger partial charge in [0.2, 0.25) is 10.0 Å². The summed E-state index contributed by atoms with van der Waals surface area (Å²) in [6.07, 6.45) is 1.10. The first kappa shape index (κ1) is 17.0. The van der Waals surface area contributed by atoms with Crippen LogP contribution in [-0.2, 0) is 10.0 Å². The quantitative estimate of drug-likeness (QED) is 0.884. The lowest BCUT2D eigenvalue weighted by atomic mass is 10.1. The highest BCUT2D eigenvalue weighted by Crippen LogP contribution is 2.23. The highest BCUT2D eigenvalue weighted by Gasteiger charge is 2.15. The maximum atomic E-state index is 12.3. The normalized spacial score (nSPS) is 12.5. The Bertz CT molecular complexity index is 799. The van der Waals surface area contributed by atoms with Gasteiger partial charge in [-0.3, -0.25) is 9.52 Å². The van der Waals surface area contributed by atoms with Crippen molar-refractivity contribution in [2.24, 2.45) is 0 Å². The van der Waals surface area contributed by atoms with Crippen molar-refractivity contribution in [2.45, 2.75) is 19.9 Å². The van der Waals surface area contributed by atoms with Crippen molar-refractivity contribution >= 4 is 21.6 Å². The predicted molar refractivity (Wildman–Crippen MR) is 92.0 cm³/mol. The molecule has 0 bridgehead atoms. The minimum atomic E-state index is -3.38. The van der Waals surface area contributed by atoms with E-state index < -0.39 is 10.0 Å². The van der Waals surface area contributed by atoms with E-state index in [0.29, 0.717) is 16.8 Å². The van der Waals surface area contributed by atoms with Gasteiger partial charge in [0.25, 0.3) is 5.91 Å². The van der Waals surface area contributed by atoms with Crippen LogP contribution in [0.5, 0.6) is 0 Å². The Labute approximate surface area is 136 Å². The van der Waals surface area contributed by atoms with Gasteiger partial charge in [0.1, 0.15) is 0 Å². The second kappa shape index (κ2) is 6.83. The van der Waals surface area contributed by atoms with Gasteiger partial charge in [0.05, 0.1) is 18.0 Å². The molecular weight excluding hydrogens is 312 g/mol. The average Bonchev–Trinajstić information content (AvgIpc) is 2.46. The van der Waals surface area contributed by atoms with Crippen molar-refractivity contribution in [1.29, 1.82) is 0 Å². The number of rotatable bonds is 5. The van der Waals surface area contributed by atoms with E-state index in [1.54, 1.807) is 36.4 Å². The first-order valence-electron chi connectivity index (χ1n) is 7.20. The molecule has 122 valence electrons. The van der Waals surface area contributed by atoms with Gasteiger partial charge in [-0.2, -0.15) is 0 Å². The maximum absolute atomic E-state index is 12.3. The smallest absolute Gasteiger partial charge is 0.251 e. The van der Waals surface area contributed by atoms with E-state index in [4.69, 9.17) is 0 Å². The molecule has 0 heterocycles. The summed E-state index contributed by atoms with van der Waals surface area (Å²) in [5.41, 5.74) is 2.82. The van der Waals surface area contributed by atoms with Crippen LogP contribution in [-0.4, -0.2) is 20.6 Å². The van der Waals surface area contributed by atoms with Gasteiger partial charge in [-0.15, -0.1) is 0 Å². The van der Waals surface area contributed by atoms with E-state index >= 15 is 0 Å². The molecule has 6 heteroatoms. The van der Waals surface area contributed by atoms with E-state index in [9.17, 15) is 13.2 Å². The van der Waals surface area contributed by atoms with Gasteiger partial charge in [-0.05, 0) is 37.6 Å². The van der Waals surface area contributed by atoms with Crippen molar-refractivity contribution in [1.82, 2.24) is 5.32 Å². The second-order valence-corrected chi connectivity index (χ2v) is 7.27. The fraction of sp³-hybridized carbons (Fsp3) is 0.235. The predicted octanol–water partition coefficient (Wildman–Crippen LogP) is 2.86. The van der Waals surface area contributed by atoms with Crippen molar-refractivity contribution in [3.8, 4) is 0 Å². The number of nitrogens with one attached hydrogen (secondary N) is 2. The highest BCUT2D eigenvalue weighted by atomic mass is 32.2. The second-order valence-electron chi connectivity index (χ2n) is 5.52. The van der Waals surface area contributed by atoms with E-state index in [0.717, 1.165) is 11.8 Å². The number of amides is 1. The summed E-state index contributed by atoms with van der Waals surface area (Å²) in [5, 5.41) is 2.88. The van der Waals surface area contributed by atoms with E-state index in [1.807, 2.05) is 26.0 Å². The summed E-state index contributed by atoms with van der Waals surface area (Å²) in [6.45, 7) is 3.77. The molecular formula is C17H20N2O3S. The third-order valence-electron chi connectivity index (χ3n) is 3.38. The molecule has 2 N–H and O–H groups in total. The molecule has 23 heavy (non-hydrogen) atoms. The van der Waals surface area contributed by atoms with Gasteiger partial charge < -0.3 is 5.32 Å². The van der Waals surface area contributed by atoms with E-state index in [1.165, 1.54) is 0 Å². The van der Waals surface area contributed by atoms with Crippen LogP contribution in [0.1, 0.15) is 34.5 Å². The molecule has 0 fully saturated rings. The highest BCUT2D eigenvalue weighted by molar-refractivity contribution is 7.92. The number of hydrogen-bond donors (Lipinski definition) is 2. The summed E-state index contributed by atoms with van der Waals surface area (Å²) in [4.78, 5) is 12.3. The molecule has 1 atom stereocenters. The third-order valence-corrected chi connectivity index (χ3v) is 3.97. The minimum Gasteiger partial charge on any atom is -0.345 e. The van der Waals surface area contributed by atoms with Crippen molar-refractivity contribution < 1.29 is 13.2 Å². The lowest BCUT2D eigenvalue weighted by Gasteiger charge is -2.18. The summed E-state index contributed by atoms with van der Waals surface area (Å²) in [7, 11) is -3.38. The number of benzene rings is 2. The van der Waals surface area contributed by atoms with Crippen LogP contribution in [0.4, 0.5) is 5.69 Å². The molecule has 0 spiro atoms. The molecule has 0 saturated carbocycles. The van der Waals surface area contributed by atoms with Crippen LogP contribution < -0.4 is 10.0 Å². The summed E-state index contributed by atoms with van der Waals surface area (Å²) < 4.78 is 25.4. The molecule has 0 aliphatic heterocycles. The summed E-state index contributed by atoms with van der Waals surface area (Å²) in [6, 6.07) is 13.9. The largest absolute Gasteiger partial charge is 0.345 e. The first-order chi connectivity index (χ1) is 10.8. The van der Waals surface area contributed by atoms with Crippen LogP contribution in [0.25, 0.3) is 0 Å². The van der Waals surface area contributed by atoms with Gasteiger partial charge in [-0.1, -0.05) is 35.9 Å². The Balaban J connectivity index is 2.19. The molecule has 0 unspecified atom stereocenters. The molecule has 2 rings (SSSR count). The van der Waals surface area contributed by atoms with Gasteiger partial charge >= 0.3 is 0 Å². The Morgan fingerprint density at radius 2 is 1.65 bits per heavy atom. The Kier molecular flexibility index (Phi) is 5.05. The van der Waals surface area contributed by atoms with Crippen molar-refractivity contribution in [3.63, 3.8) is 0 Å². The number of sulfonamides is 1. The van der Waals surface area contributed by atoms with E-state index in [-0.39, 0.29) is 11.9 Å². The van der Waals surface area contributed by atoms with Crippen LogP contribution in [0.2, 0.25) is 0 Å². The third kappa shape index (κ3) is 4.82. The number of para-hydroxylation sites is 1. The first-order valence-corrected chi connectivity index (χ1v) is 9.09. The molecule has 0 aromatic heterocycles. The fourth-order valence-electron chi connectivity index (χ4n) is 2.23. The van der Waals surface area contributed by atoms with Gasteiger partial charge in [0, 0.05) is 5.56 Å². The zero-order valence-electron chi connectivity index (χ0n) is 13.3. The molecule has 0 saturated heterocycles. The number of carbonyl (C=O) groups is 1. The van der Waals surface area contributed by atoms with Crippen LogP contribution in [0, 0.1) is 6.92 Å². The van der Waals surface area contributed by atoms with Crippen LogP contribution in [0.15, 0.2) is 48.5 Å². The molecule has 0 radical (unpaired) electrons. The van der Waals surface area contributed by atoms with Gasteiger partial charge in [0.15, 0.2) is 0 Å². The molecule has 0 aliphatic rings. The monoisotopic (exact) mass is 332 g/mol. The van der Waals surface area contributed by atoms with Crippen LogP contribution in [0.3, 0.4) is 0 Å². The Morgan fingerprint density at radius 3 is 2.26 bits per heavy atom. The number of hydrogen-bond acceptors (Lipinski definition) is 3. The molecule has 1 amide bonds. The lowest BCUT2D eigenvalue weighted by Crippen LogP contribution is -2.27. The number of aryl methyl sites for hydroxylation is 1. The lowest BCUT2D eigenvalue weighted by molar-refractivity contribution is 0.0940. The van der Waals surface area contributed by atoms with Crippen molar-refractivity contribution in [3.05, 3.63) is 65.2 Å². The number of anilines is 1. The zero-order chi connectivity index (χ0) is 17.0. The Morgan fingerprint density at radius 1 is 1.04 bits per heavy atom. The van der Waals surface area contributed by atoms with E-state index in [2.05, 4.69) is 10.0 Å². The summed E-state index contributed by atoms with van der Waals surface area (Å²) in [5.74, 6) is -0.202. The van der Waals surface area contributed by atoms with Crippen molar-refractivity contribution in [2.75, 3.05) is 11.0 Å². The molecule has 5 nitrogen and oxygen atoms in total. The molecule has 2 aromatic rings.